The van der Waals surface area contributed by atoms with Gasteiger partial charge in [-0.2, -0.15) is 0 Å². The molecule has 1 aliphatic heterocycles. The van der Waals surface area contributed by atoms with E-state index >= 15 is 0 Å². The standard InChI is InChI=1S/C20H22N2O3/c1-16(23)22-13-12-21(14-19(22)17-8-4-2-5-9-17)20(24)15-25-18-10-6-3-7-11-18/h2-11,19H,12-15H2,1H3. The highest BCUT2D eigenvalue weighted by molar-refractivity contribution is 5.79. The summed E-state index contributed by atoms with van der Waals surface area (Å²) in [6.07, 6.45) is 0. The molecule has 0 aliphatic carbocycles. The predicted octanol–water partition coefficient (Wildman–Crippen LogP) is 2.50. The number of carbonyl (C=O) groups is 2. The van der Waals surface area contributed by atoms with Crippen LogP contribution in [0.3, 0.4) is 0 Å². The Morgan fingerprint density at radius 1 is 1.00 bits per heavy atom. The zero-order valence-corrected chi connectivity index (χ0v) is 14.3. The van der Waals surface area contributed by atoms with Gasteiger partial charge in [-0.25, -0.2) is 0 Å². The van der Waals surface area contributed by atoms with Crippen LogP contribution in [0, 0.1) is 0 Å². The summed E-state index contributed by atoms with van der Waals surface area (Å²) in [6, 6.07) is 19.0. The van der Waals surface area contributed by atoms with Crippen molar-refractivity contribution in [3.05, 3.63) is 66.2 Å². The zero-order valence-electron chi connectivity index (χ0n) is 14.3. The van der Waals surface area contributed by atoms with Crippen LogP contribution in [0.25, 0.3) is 0 Å². The van der Waals surface area contributed by atoms with E-state index in [0.29, 0.717) is 25.4 Å². The molecule has 1 unspecified atom stereocenters. The van der Waals surface area contributed by atoms with Crippen molar-refractivity contribution in [1.82, 2.24) is 9.80 Å². The molecule has 3 rings (SSSR count). The van der Waals surface area contributed by atoms with Gasteiger partial charge in [0.1, 0.15) is 5.75 Å². The average Bonchev–Trinajstić information content (AvgIpc) is 2.67. The molecule has 5 heteroatoms. The summed E-state index contributed by atoms with van der Waals surface area (Å²) in [7, 11) is 0. The molecule has 25 heavy (non-hydrogen) atoms. The van der Waals surface area contributed by atoms with Crippen molar-refractivity contribution >= 4 is 11.8 Å². The molecular formula is C20H22N2O3. The Labute approximate surface area is 147 Å². The molecule has 0 N–H and O–H groups in total. The Morgan fingerprint density at radius 2 is 1.64 bits per heavy atom. The second kappa shape index (κ2) is 7.83. The minimum atomic E-state index is -0.117. The third-order valence-electron chi connectivity index (χ3n) is 4.43. The van der Waals surface area contributed by atoms with Gasteiger partial charge < -0.3 is 14.5 Å². The summed E-state index contributed by atoms with van der Waals surface area (Å²) >= 11 is 0. The molecule has 0 bridgehead atoms. The maximum Gasteiger partial charge on any atom is 0.260 e. The smallest absolute Gasteiger partial charge is 0.260 e. The highest BCUT2D eigenvalue weighted by atomic mass is 16.5. The molecule has 1 fully saturated rings. The van der Waals surface area contributed by atoms with Crippen LogP contribution >= 0.6 is 0 Å². The fraction of sp³-hybridized carbons (Fsp3) is 0.300. The largest absolute Gasteiger partial charge is 0.484 e. The van der Waals surface area contributed by atoms with Crippen LogP contribution < -0.4 is 4.74 Å². The van der Waals surface area contributed by atoms with Crippen LogP contribution in [0.2, 0.25) is 0 Å². The van der Waals surface area contributed by atoms with Crippen molar-refractivity contribution in [3.8, 4) is 5.75 Å². The summed E-state index contributed by atoms with van der Waals surface area (Å²) in [5.41, 5.74) is 1.04. The van der Waals surface area contributed by atoms with E-state index < -0.39 is 0 Å². The lowest BCUT2D eigenvalue weighted by atomic mass is 10.0. The van der Waals surface area contributed by atoms with E-state index in [4.69, 9.17) is 4.74 Å². The summed E-state index contributed by atoms with van der Waals surface area (Å²) in [5.74, 6) is 0.646. The van der Waals surface area contributed by atoms with Gasteiger partial charge in [-0.15, -0.1) is 0 Å². The molecule has 2 amide bonds. The third-order valence-corrected chi connectivity index (χ3v) is 4.43. The van der Waals surface area contributed by atoms with Gasteiger partial charge in [0, 0.05) is 26.6 Å². The predicted molar refractivity (Wildman–Crippen MR) is 95.1 cm³/mol. The fourth-order valence-corrected chi connectivity index (χ4v) is 3.10. The van der Waals surface area contributed by atoms with Crippen molar-refractivity contribution in [2.45, 2.75) is 13.0 Å². The number of amides is 2. The van der Waals surface area contributed by atoms with Crippen LogP contribution in [0.5, 0.6) is 5.75 Å². The highest BCUT2D eigenvalue weighted by Gasteiger charge is 2.32. The van der Waals surface area contributed by atoms with E-state index in [1.54, 1.807) is 11.8 Å². The zero-order chi connectivity index (χ0) is 17.6. The first-order valence-corrected chi connectivity index (χ1v) is 8.43. The monoisotopic (exact) mass is 338 g/mol. The van der Waals surface area contributed by atoms with Crippen molar-refractivity contribution < 1.29 is 14.3 Å². The molecule has 2 aromatic carbocycles. The van der Waals surface area contributed by atoms with Crippen LogP contribution in [0.4, 0.5) is 0 Å². The maximum absolute atomic E-state index is 12.5. The van der Waals surface area contributed by atoms with Crippen molar-refractivity contribution in [3.63, 3.8) is 0 Å². The molecule has 0 aromatic heterocycles. The number of nitrogens with zero attached hydrogens (tertiary/aromatic N) is 2. The Bertz CT molecular complexity index is 718. The Kier molecular flexibility index (Phi) is 5.33. The number of benzene rings is 2. The molecule has 0 saturated carbocycles. The normalized spacial score (nSPS) is 17.2. The first-order chi connectivity index (χ1) is 12.1. The van der Waals surface area contributed by atoms with Gasteiger partial charge in [0.2, 0.25) is 5.91 Å². The summed E-state index contributed by atoms with van der Waals surface area (Å²) in [6.45, 7) is 3.13. The van der Waals surface area contributed by atoms with E-state index in [9.17, 15) is 9.59 Å². The minimum absolute atomic E-state index is 0.00555. The SMILES string of the molecule is CC(=O)N1CCN(C(=O)COc2ccccc2)CC1c1ccccc1. The number of para-hydroxylation sites is 1. The van der Waals surface area contributed by atoms with Gasteiger partial charge in [-0.05, 0) is 17.7 Å². The lowest BCUT2D eigenvalue weighted by Crippen LogP contribution is -2.52. The first-order valence-electron chi connectivity index (χ1n) is 8.43. The third kappa shape index (κ3) is 4.18. The molecule has 1 saturated heterocycles. The van der Waals surface area contributed by atoms with Crippen molar-refractivity contribution in [2.75, 3.05) is 26.2 Å². The van der Waals surface area contributed by atoms with E-state index in [0.717, 1.165) is 5.56 Å². The molecule has 0 spiro atoms. The lowest BCUT2D eigenvalue weighted by Gasteiger charge is -2.41. The first kappa shape index (κ1) is 17.0. The maximum atomic E-state index is 12.5. The molecule has 1 aliphatic rings. The Morgan fingerprint density at radius 3 is 2.28 bits per heavy atom. The second-order valence-corrected chi connectivity index (χ2v) is 6.08. The highest BCUT2D eigenvalue weighted by Crippen LogP contribution is 2.25. The molecule has 1 heterocycles. The van der Waals surface area contributed by atoms with Crippen molar-refractivity contribution in [2.24, 2.45) is 0 Å². The number of hydrogen-bond acceptors (Lipinski definition) is 3. The lowest BCUT2D eigenvalue weighted by molar-refractivity contribution is -0.143. The summed E-state index contributed by atoms with van der Waals surface area (Å²) in [5, 5.41) is 0. The van der Waals surface area contributed by atoms with E-state index in [1.807, 2.05) is 65.6 Å². The quantitative estimate of drug-likeness (QED) is 0.861. The number of ether oxygens (including phenoxy) is 1. The van der Waals surface area contributed by atoms with E-state index in [1.165, 1.54) is 0 Å². The molecule has 130 valence electrons. The van der Waals surface area contributed by atoms with Crippen molar-refractivity contribution in [1.29, 1.82) is 0 Å². The van der Waals surface area contributed by atoms with Gasteiger partial charge in [0.25, 0.3) is 5.91 Å². The molecule has 0 radical (unpaired) electrons. The number of piperazine rings is 1. The van der Waals surface area contributed by atoms with Gasteiger partial charge in [0.15, 0.2) is 6.61 Å². The topological polar surface area (TPSA) is 49.9 Å². The molecule has 2 aromatic rings. The number of carbonyl (C=O) groups excluding carboxylic acids is 2. The minimum Gasteiger partial charge on any atom is -0.484 e. The van der Waals surface area contributed by atoms with Gasteiger partial charge in [-0.3, -0.25) is 9.59 Å². The van der Waals surface area contributed by atoms with Crippen LogP contribution in [-0.2, 0) is 9.59 Å². The summed E-state index contributed by atoms with van der Waals surface area (Å²) < 4.78 is 5.56. The number of rotatable bonds is 4. The van der Waals surface area contributed by atoms with Crippen LogP contribution in [-0.4, -0.2) is 47.9 Å². The van der Waals surface area contributed by atoms with Crippen LogP contribution in [0.15, 0.2) is 60.7 Å². The molecule has 1 atom stereocenters. The number of hydrogen-bond donors (Lipinski definition) is 0. The second-order valence-electron chi connectivity index (χ2n) is 6.08. The fourth-order valence-electron chi connectivity index (χ4n) is 3.10. The van der Waals surface area contributed by atoms with E-state index in [-0.39, 0.29) is 24.5 Å². The Hall–Kier alpha value is -2.82. The Balaban J connectivity index is 1.67. The van der Waals surface area contributed by atoms with Gasteiger partial charge in [-0.1, -0.05) is 48.5 Å². The molecule has 5 nitrogen and oxygen atoms in total. The van der Waals surface area contributed by atoms with Gasteiger partial charge >= 0.3 is 0 Å². The average molecular weight is 338 g/mol. The van der Waals surface area contributed by atoms with Gasteiger partial charge in [0.05, 0.1) is 6.04 Å². The van der Waals surface area contributed by atoms with E-state index in [2.05, 4.69) is 0 Å². The van der Waals surface area contributed by atoms with Crippen LogP contribution in [0.1, 0.15) is 18.5 Å². The molecular weight excluding hydrogens is 316 g/mol. The summed E-state index contributed by atoms with van der Waals surface area (Å²) in [4.78, 5) is 28.1.